The average Bonchev–Trinajstić information content (AvgIpc) is 2.67. The van der Waals surface area contributed by atoms with Crippen molar-refractivity contribution in [2.75, 3.05) is 7.11 Å². The third kappa shape index (κ3) is 3.95. The van der Waals surface area contributed by atoms with Crippen LogP contribution in [-0.4, -0.2) is 35.1 Å². The van der Waals surface area contributed by atoms with E-state index >= 15 is 0 Å². The summed E-state index contributed by atoms with van der Waals surface area (Å²) >= 11 is 0. The maximum absolute atomic E-state index is 12.4. The van der Waals surface area contributed by atoms with Gasteiger partial charge in [-0.05, 0) is 36.8 Å². The van der Waals surface area contributed by atoms with Crippen LogP contribution in [0.25, 0.3) is 10.9 Å². The summed E-state index contributed by atoms with van der Waals surface area (Å²) in [5, 5.41) is 4.34. The molecule has 8 heteroatoms. The van der Waals surface area contributed by atoms with Gasteiger partial charge in [0.25, 0.3) is 5.56 Å². The predicted molar refractivity (Wildman–Crippen MR) is 100 cm³/mol. The number of esters is 1. The maximum Gasteiger partial charge on any atom is 0.349 e. The monoisotopic (exact) mass is 367 g/mol. The van der Waals surface area contributed by atoms with Crippen molar-refractivity contribution >= 4 is 23.1 Å². The van der Waals surface area contributed by atoms with Gasteiger partial charge in [0.15, 0.2) is 6.10 Å². The molecule has 0 amide bonds. The van der Waals surface area contributed by atoms with E-state index in [1.165, 1.54) is 13.3 Å². The van der Waals surface area contributed by atoms with Crippen LogP contribution in [0.4, 0.5) is 0 Å². The molecule has 27 heavy (non-hydrogen) atoms. The number of hydrogen-bond acceptors (Lipinski definition) is 6. The molecule has 0 spiro atoms. The summed E-state index contributed by atoms with van der Waals surface area (Å²) in [7, 11) is 1.28. The molecule has 0 saturated heterocycles. The predicted octanol–water partition coefficient (Wildman–Crippen LogP) is 1.51. The Hall–Kier alpha value is -3.68. The van der Waals surface area contributed by atoms with E-state index in [0.717, 1.165) is 4.68 Å². The fourth-order valence-corrected chi connectivity index (χ4v) is 2.47. The summed E-state index contributed by atoms with van der Waals surface area (Å²) in [6.07, 6.45) is 0.592. The molecule has 1 heterocycles. The Kier molecular flexibility index (Phi) is 5.16. The molecule has 0 fully saturated rings. The van der Waals surface area contributed by atoms with E-state index < -0.39 is 23.3 Å². The fraction of sp³-hybridized carbons (Fsp3) is 0.158. The molecule has 3 aromatic rings. The van der Waals surface area contributed by atoms with E-state index in [9.17, 15) is 14.4 Å². The molecule has 1 N–H and O–H groups in total. The van der Waals surface area contributed by atoms with Gasteiger partial charge in [0, 0.05) is 0 Å². The van der Waals surface area contributed by atoms with Crippen molar-refractivity contribution in [3.8, 4) is 5.75 Å². The fourth-order valence-electron chi connectivity index (χ4n) is 2.47. The van der Waals surface area contributed by atoms with Crippen molar-refractivity contribution in [2.45, 2.75) is 13.0 Å². The molecule has 1 atom stereocenters. The Morgan fingerprint density at radius 3 is 2.74 bits per heavy atom. The number of ether oxygens (including phenoxy) is 2. The van der Waals surface area contributed by atoms with Gasteiger partial charge in [0.2, 0.25) is 0 Å². The summed E-state index contributed by atoms with van der Waals surface area (Å²) in [6.45, 7) is 1.57. The van der Waals surface area contributed by atoms with Gasteiger partial charge in [-0.15, -0.1) is 4.68 Å². The van der Waals surface area contributed by atoms with Crippen LogP contribution in [0.1, 0.15) is 12.5 Å². The molecule has 0 aliphatic heterocycles. The van der Waals surface area contributed by atoms with Crippen LogP contribution in [0.5, 0.6) is 5.75 Å². The molecule has 0 aliphatic carbocycles. The molecule has 0 bridgehead atoms. The van der Waals surface area contributed by atoms with E-state index in [4.69, 9.17) is 4.74 Å². The van der Waals surface area contributed by atoms with Crippen molar-refractivity contribution in [1.29, 1.82) is 0 Å². The van der Waals surface area contributed by atoms with Gasteiger partial charge < -0.3 is 14.5 Å². The minimum Gasteiger partial charge on any atom is -0.479 e. The summed E-state index contributed by atoms with van der Waals surface area (Å²) < 4.78 is 10.9. The highest BCUT2D eigenvalue weighted by atomic mass is 16.6. The Labute approximate surface area is 153 Å². The molecule has 0 unspecified atom stereocenters. The molecule has 0 radical (unpaired) electrons. The number of hydrogen-bond donors (Lipinski definition) is 1. The third-order valence-electron chi connectivity index (χ3n) is 3.81. The van der Waals surface area contributed by atoms with Crippen molar-refractivity contribution in [3.05, 3.63) is 74.9 Å². The number of para-hydroxylation sites is 1. The molecule has 1 aromatic heterocycles. The number of benzene rings is 2. The molecule has 8 nitrogen and oxygen atoms in total. The highest BCUT2D eigenvalue weighted by Gasteiger charge is 2.14. The minimum atomic E-state index is -0.770. The number of nitrogens with one attached hydrogen (secondary N) is 1. The average molecular weight is 367 g/mol. The van der Waals surface area contributed by atoms with Gasteiger partial charge in [-0.1, -0.05) is 24.3 Å². The molecule has 0 saturated carbocycles. The first-order valence-electron chi connectivity index (χ1n) is 8.12. The van der Waals surface area contributed by atoms with E-state index in [-0.39, 0.29) is 0 Å². The summed E-state index contributed by atoms with van der Waals surface area (Å²) in [5.41, 5.74) is -0.117. The van der Waals surface area contributed by atoms with Crippen LogP contribution < -0.4 is 16.0 Å². The standard InChI is InChI=1S/C19H17N3O5/c1-12(18(24)26-2)27-14-7-5-6-13(10-14)11-20-22-17(23)15-8-3-4-9-16(15)21-19(22)25/h3-12H,1-2H3,(H,21,25)/t12-/m1/s1. The highest BCUT2D eigenvalue weighted by Crippen LogP contribution is 2.14. The van der Waals surface area contributed by atoms with Crippen LogP contribution in [0.2, 0.25) is 0 Å². The van der Waals surface area contributed by atoms with Crippen LogP contribution in [-0.2, 0) is 9.53 Å². The Balaban J connectivity index is 1.90. The van der Waals surface area contributed by atoms with Crippen LogP contribution in [0, 0.1) is 0 Å². The lowest BCUT2D eigenvalue weighted by atomic mass is 10.2. The number of H-pyrrole nitrogens is 1. The Morgan fingerprint density at radius 2 is 1.96 bits per heavy atom. The first kappa shape index (κ1) is 18.1. The van der Waals surface area contributed by atoms with Crippen LogP contribution in [0.15, 0.2) is 63.2 Å². The summed E-state index contributed by atoms with van der Waals surface area (Å²) in [4.78, 5) is 38.6. The molecular formula is C19H17N3O5. The number of aromatic amines is 1. The zero-order valence-corrected chi connectivity index (χ0v) is 14.7. The second-order valence-corrected chi connectivity index (χ2v) is 5.69. The van der Waals surface area contributed by atoms with Crippen LogP contribution >= 0.6 is 0 Å². The molecule has 2 aromatic carbocycles. The first-order chi connectivity index (χ1) is 13.0. The van der Waals surface area contributed by atoms with Gasteiger partial charge >= 0.3 is 11.7 Å². The van der Waals surface area contributed by atoms with Crippen molar-refractivity contribution in [3.63, 3.8) is 0 Å². The van der Waals surface area contributed by atoms with Crippen molar-refractivity contribution < 1.29 is 14.3 Å². The number of rotatable bonds is 5. The largest absolute Gasteiger partial charge is 0.479 e. The highest BCUT2D eigenvalue weighted by molar-refractivity contribution is 5.81. The van der Waals surface area contributed by atoms with Crippen LogP contribution in [0.3, 0.4) is 0 Å². The van der Waals surface area contributed by atoms with E-state index in [1.54, 1.807) is 55.5 Å². The Bertz CT molecular complexity index is 1130. The number of carbonyl (C=O) groups is 1. The SMILES string of the molecule is COC(=O)[C@@H](C)Oc1cccc(C=Nn2c(=O)[nH]c3ccccc3c2=O)c1. The molecule has 138 valence electrons. The first-order valence-corrected chi connectivity index (χ1v) is 8.12. The minimum absolute atomic E-state index is 0.359. The van der Waals surface area contributed by atoms with Crippen molar-refractivity contribution in [1.82, 2.24) is 9.66 Å². The summed E-state index contributed by atoms with van der Waals surface area (Å²) in [5.74, 6) is -0.0695. The maximum atomic E-state index is 12.4. The van der Waals surface area contributed by atoms with E-state index in [0.29, 0.717) is 22.2 Å². The molecular weight excluding hydrogens is 350 g/mol. The zero-order valence-electron chi connectivity index (χ0n) is 14.7. The normalized spacial score (nSPS) is 12.2. The number of carbonyl (C=O) groups excluding carboxylic acids is 1. The molecule has 3 rings (SSSR count). The third-order valence-corrected chi connectivity index (χ3v) is 3.81. The lowest BCUT2D eigenvalue weighted by Gasteiger charge is -2.12. The topological polar surface area (TPSA) is 103 Å². The summed E-state index contributed by atoms with van der Waals surface area (Å²) in [6, 6.07) is 13.4. The number of aromatic nitrogens is 2. The van der Waals surface area contributed by atoms with Gasteiger partial charge in [-0.25, -0.2) is 9.59 Å². The smallest absolute Gasteiger partial charge is 0.349 e. The van der Waals surface area contributed by atoms with Crippen molar-refractivity contribution in [2.24, 2.45) is 5.10 Å². The molecule has 0 aliphatic rings. The number of fused-ring (bicyclic) bond motifs is 1. The lowest BCUT2D eigenvalue weighted by Crippen LogP contribution is -2.32. The van der Waals surface area contributed by atoms with E-state index in [2.05, 4.69) is 14.8 Å². The van der Waals surface area contributed by atoms with E-state index in [1.807, 2.05) is 0 Å². The van der Waals surface area contributed by atoms with Gasteiger partial charge in [-0.2, -0.15) is 5.10 Å². The quantitative estimate of drug-likeness (QED) is 0.544. The number of nitrogens with zero attached hydrogens (tertiary/aromatic N) is 2. The van der Waals surface area contributed by atoms with Gasteiger partial charge in [0.05, 0.1) is 24.2 Å². The second-order valence-electron chi connectivity index (χ2n) is 5.69. The lowest BCUT2D eigenvalue weighted by molar-refractivity contribution is -0.147. The zero-order chi connectivity index (χ0) is 19.4. The Morgan fingerprint density at radius 1 is 1.19 bits per heavy atom. The van der Waals surface area contributed by atoms with Gasteiger partial charge in [-0.3, -0.25) is 4.79 Å². The second kappa shape index (κ2) is 7.69. The van der Waals surface area contributed by atoms with Gasteiger partial charge in [0.1, 0.15) is 5.75 Å². The number of methoxy groups -OCH3 is 1.